The van der Waals surface area contributed by atoms with E-state index >= 15 is 0 Å². The van der Waals surface area contributed by atoms with Gasteiger partial charge in [0, 0.05) is 11.9 Å². The van der Waals surface area contributed by atoms with Gasteiger partial charge in [-0.1, -0.05) is 31.2 Å². The minimum Gasteiger partial charge on any atom is -0.348 e. The number of nitrogens with zero attached hydrogens (tertiary/aromatic N) is 1. The van der Waals surface area contributed by atoms with Gasteiger partial charge in [0.1, 0.15) is 12.3 Å². The second kappa shape index (κ2) is 3.90. The van der Waals surface area contributed by atoms with Crippen molar-refractivity contribution in [3.8, 4) is 0 Å². The molecule has 0 amide bonds. The summed E-state index contributed by atoms with van der Waals surface area (Å²) >= 11 is 0. The molecule has 1 aromatic heterocycles. The van der Waals surface area contributed by atoms with Gasteiger partial charge in [0.15, 0.2) is 0 Å². The molecule has 1 N–H and O–H groups in total. The molecule has 0 spiro atoms. The molecular weight excluding hydrogens is 234 g/mol. The van der Waals surface area contributed by atoms with Gasteiger partial charge in [-0.15, -0.1) is 0 Å². The van der Waals surface area contributed by atoms with Crippen molar-refractivity contribution < 1.29 is 8.78 Å². The summed E-state index contributed by atoms with van der Waals surface area (Å²) in [7, 11) is 0. The first kappa shape index (κ1) is 11.4. The molecule has 0 fully saturated rings. The number of alkyl halides is 2. The summed E-state index contributed by atoms with van der Waals surface area (Å²) in [5.41, 5.74) is 0.282. The number of rotatable bonds is 2. The van der Waals surface area contributed by atoms with Gasteiger partial charge in [-0.05, 0) is 17.5 Å². The molecule has 2 aromatic rings. The molecule has 3 rings (SSSR count). The maximum atomic E-state index is 14.8. The number of halogens is 2. The van der Waals surface area contributed by atoms with E-state index in [1.807, 2.05) is 6.92 Å². The number of nitrogens with one attached hydrogen (secondary N) is 1. The fourth-order valence-corrected chi connectivity index (χ4v) is 2.99. The summed E-state index contributed by atoms with van der Waals surface area (Å²) in [5.74, 6) is 0. The van der Waals surface area contributed by atoms with Crippen molar-refractivity contribution in [3.63, 3.8) is 0 Å². The Morgan fingerprint density at radius 1 is 1.22 bits per heavy atom. The van der Waals surface area contributed by atoms with Crippen LogP contribution in [0.5, 0.6) is 0 Å². The molecule has 2 nitrogen and oxygen atoms in total. The zero-order valence-electron chi connectivity index (χ0n) is 10.0. The van der Waals surface area contributed by atoms with Gasteiger partial charge < -0.3 is 4.98 Å². The van der Waals surface area contributed by atoms with E-state index in [-0.39, 0.29) is 0 Å². The third-order valence-electron chi connectivity index (χ3n) is 4.03. The number of imidazole rings is 1. The zero-order chi connectivity index (χ0) is 12.8. The number of aromatic amines is 1. The summed E-state index contributed by atoms with van der Waals surface area (Å²) in [5, 5.41) is 0. The van der Waals surface area contributed by atoms with Gasteiger partial charge in [0.2, 0.25) is 0 Å². The Morgan fingerprint density at radius 2 is 1.83 bits per heavy atom. The van der Waals surface area contributed by atoms with Crippen LogP contribution in [-0.4, -0.2) is 9.97 Å². The molecule has 18 heavy (non-hydrogen) atoms. The molecular formula is C14H14F2N2. The largest absolute Gasteiger partial charge is 0.348 e. The van der Waals surface area contributed by atoms with Crippen molar-refractivity contribution >= 4 is 0 Å². The third-order valence-corrected chi connectivity index (χ3v) is 4.03. The standard InChI is InChI=1S/C14H14F2N2/c1-2-14(11-7-17-8-18-11)12(15)9-5-3-4-6-10(9)13(14)16/h3-8,12-13H,2H2,1H3,(H,17,18). The van der Waals surface area contributed by atoms with E-state index in [1.165, 1.54) is 12.5 Å². The Morgan fingerprint density at radius 3 is 2.28 bits per heavy atom. The molecule has 94 valence electrons. The van der Waals surface area contributed by atoms with Crippen molar-refractivity contribution in [2.45, 2.75) is 31.1 Å². The summed E-state index contributed by atoms with van der Waals surface area (Å²) < 4.78 is 29.5. The van der Waals surface area contributed by atoms with E-state index in [2.05, 4.69) is 9.97 Å². The van der Waals surface area contributed by atoms with E-state index in [1.54, 1.807) is 24.3 Å². The lowest BCUT2D eigenvalue weighted by Gasteiger charge is -2.31. The molecule has 4 heteroatoms. The van der Waals surface area contributed by atoms with Crippen LogP contribution in [-0.2, 0) is 5.41 Å². The molecule has 0 saturated heterocycles. The van der Waals surface area contributed by atoms with Crippen molar-refractivity contribution in [1.29, 1.82) is 0 Å². The maximum absolute atomic E-state index is 14.8. The summed E-state index contributed by atoms with van der Waals surface area (Å²) in [6.07, 6.45) is 0.693. The number of hydrogen-bond acceptors (Lipinski definition) is 1. The fraction of sp³-hybridized carbons (Fsp3) is 0.357. The van der Waals surface area contributed by atoms with Gasteiger partial charge in [-0.2, -0.15) is 0 Å². The predicted octanol–water partition coefficient (Wildman–Crippen LogP) is 3.79. The number of aromatic nitrogens is 2. The molecule has 0 radical (unpaired) electrons. The predicted molar refractivity (Wildman–Crippen MR) is 64.7 cm³/mol. The Kier molecular flexibility index (Phi) is 2.47. The molecule has 1 aliphatic carbocycles. The smallest absolute Gasteiger partial charge is 0.140 e. The lowest BCUT2D eigenvalue weighted by Crippen LogP contribution is -2.31. The van der Waals surface area contributed by atoms with Crippen LogP contribution in [0, 0.1) is 0 Å². The molecule has 2 unspecified atom stereocenters. The Hall–Kier alpha value is -1.71. The third kappa shape index (κ3) is 1.23. The molecule has 0 aliphatic heterocycles. The van der Waals surface area contributed by atoms with Crippen molar-refractivity contribution in [2.75, 3.05) is 0 Å². The van der Waals surface area contributed by atoms with Crippen LogP contribution >= 0.6 is 0 Å². The summed E-state index contributed by atoms with van der Waals surface area (Å²) in [6, 6.07) is 6.83. The molecule has 2 atom stereocenters. The van der Waals surface area contributed by atoms with Crippen LogP contribution in [0.1, 0.15) is 42.5 Å². The highest BCUT2D eigenvalue weighted by Gasteiger charge is 2.55. The number of hydrogen-bond donors (Lipinski definition) is 1. The number of benzene rings is 1. The molecule has 1 aromatic carbocycles. The first-order valence-electron chi connectivity index (χ1n) is 6.07. The minimum absolute atomic E-state index is 0.381. The summed E-state index contributed by atoms with van der Waals surface area (Å²) in [6.45, 7) is 1.81. The van der Waals surface area contributed by atoms with Crippen LogP contribution in [0.3, 0.4) is 0 Å². The van der Waals surface area contributed by atoms with Gasteiger partial charge in [0.25, 0.3) is 0 Å². The lowest BCUT2D eigenvalue weighted by atomic mass is 9.76. The first-order valence-corrected chi connectivity index (χ1v) is 6.07. The zero-order valence-corrected chi connectivity index (χ0v) is 10.0. The average Bonchev–Trinajstić information content (AvgIpc) is 2.99. The molecule has 0 bridgehead atoms. The molecule has 1 aliphatic rings. The normalized spacial score (nSPS) is 30.4. The highest BCUT2D eigenvalue weighted by Crippen LogP contribution is 2.59. The Labute approximate surface area is 104 Å². The van der Waals surface area contributed by atoms with E-state index in [0.717, 1.165) is 0 Å². The van der Waals surface area contributed by atoms with E-state index in [0.29, 0.717) is 23.2 Å². The van der Waals surface area contributed by atoms with E-state index in [9.17, 15) is 8.78 Å². The summed E-state index contributed by atoms with van der Waals surface area (Å²) in [4.78, 5) is 6.78. The van der Waals surface area contributed by atoms with Gasteiger partial charge in [-0.25, -0.2) is 13.8 Å². The topological polar surface area (TPSA) is 28.7 Å². The SMILES string of the molecule is CCC1(c2cnc[nH]2)C(F)c2ccccc2C1F. The van der Waals surface area contributed by atoms with E-state index < -0.39 is 17.8 Å². The second-order valence-electron chi connectivity index (χ2n) is 4.71. The van der Waals surface area contributed by atoms with Crippen LogP contribution in [0.25, 0.3) is 0 Å². The number of H-pyrrole nitrogens is 1. The van der Waals surface area contributed by atoms with Crippen LogP contribution in [0.4, 0.5) is 8.78 Å². The highest BCUT2D eigenvalue weighted by molar-refractivity contribution is 5.45. The highest BCUT2D eigenvalue weighted by atomic mass is 19.1. The molecule has 1 heterocycles. The average molecular weight is 248 g/mol. The minimum atomic E-state index is -1.34. The van der Waals surface area contributed by atoms with E-state index in [4.69, 9.17) is 0 Å². The van der Waals surface area contributed by atoms with Crippen LogP contribution in [0.15, 0.2) is 36.8 Å². The van der Waals surface area contributed by atoms with Gasteiger partial charge in [-0.3, -0.25) is 0 Å². The van der Waals surface area contributed by atoms with Gasteiger partial charge in [0.05, 0.1) is 11.7 Å². The van der Waals surface area contributed by atoms with Crippen molar-refractivity contribution in [3.05, 3.63) is 53.6 Å². The quantitative estimate of drug-likeness (QED) is 0.860. The fourth-order valence-electron chi connectivity index (χ4n) is 2.99. The maximum Gasteiger partial charge on any atom is 0.140 e. The first-order chi connectivity index (χ1) is 8.71. The lowest BCUT2D eigenvalue weighted by molar-refractivity contribution is 0.103. The van der Waals surface area contributed by atoms with Crippen molar-refractivity contribution in [1.82, 2.24) is 9.97 Å². The Bertz CT molecular complexity index is 522. The monoisotopic (exact) mass is 248 g/mol. The van der Waals surface area contributed by atoms with Crippen LogP contribution < -0.4 is 0 Å². The Balaban J connectivity index is 2.20. The molecule has 0 saturated carbocycles. The second-order valence-corrected chi connectivity index (χ2v) is 4.71. The van der Waals surface area contributed by atoms with Crippen molar-refractivity contribution in [2.24, 2.45) is 0 Å². The number of fused-ring (bicyclic) bond motifs is 1. The van der Waals surface area contributed by atoms with Gasteiger partial charge >= 0.3 is 0 Å². The van der Waals surface area contributed by atoms with Crippen LogP contribution in [0.2, 0.25) is 0 Å².